The van der Waals surface area contributed by atoms with Crippen molar-refractivity contribution in [2.45, 2.75) is 20.8 Å². The van der Waals surface area contributed by atoms with E-state index in [1.165, 1.54) is 11.1 Å². The van der Waals surface area contributed by atoms with Crippen LogP contribution in [0.4, 0.5) is 23.1 Å². The van der Waals surface area contributed by atoms with Crippen LogP contribution in [0.5, 0.6) is 0 Å². The van der Waals surface area contributed by atoms with Crippen LogP contribution in [0.25, 0.3) is 10.9 Å². The molecule has 2 N–H and O–H groups in total. The Morgan fingerprint density at radius 1 is 0.778 bits per heavy atom. The Morgan fingerprint density at radius 2 is 1.63 bits per heavy atom. The number of fused-ring (bicyclic) bond motifs is 1. The molecule has 2 aromatic heterocycles. The maximum Gasteiger partial charge on any atom is 0.229 e. The minimum atomic E-state index is 0.543. The summed E-state index contributed by atoms with van der Waals surface area (Å²) in [4.78, 5) is 13.6. The van der Waals surface area contributed by atoms with Gasteiger partial charge in [-0.3, -0.25) is 4.98 Å². The minimum Gasteiger partial charge on any atom is -0.340 e. The number of anilines is 4. The molecule has 0 bridgehead atoms. The summed E-state index contributed by atoms with van der Waals surface area (Å²) in [6.07, 6.45) is 1.79. The SMILES string of the molecule is Cc1ccc(C)c(Nc2cc(C)nc(Nc3cccc4cccnc34)n2)c1. The van der Waals surface area contributed by atoms with Gasteiger partial charge in [-0.1, -0.05) is 30.3 Å². The first kappa shape index (κ1) is 17.0. The molecule has 0 amide bonds. The number of nitrogens with one attached hydrogen (secondary N) is 2. The molecule has 134 valence electrons. The van der Waals surface area contributed by atoms with E-state index >= 15 is 0 Å². The van der Waals surface area contributed by atoms with Gasteiger partial charge in [0.25, 0.3) is 0 Å². The summed E-state index contributed by atoms with van der Waals surface area (Å²) in [5.41, 5.74) is 6.09. The van der Waals surface area contributed by atoms with Gasteiger partial charge >= 0.3 is 0 Å². The lowest BCUT2D eigenvalue weighted by molar-refractivity contribution is 1.11. The number of pyridine rings is 1. The summed E-state index contributed by atoms with van der Waals surface area (Å²) in [6.45, 7) is 6.12. The van der Waals surface area contributed by atoms with Crippen molar-refractivity contribution in [3.05, 3.63) is 77.6 Å². The second-order valence-electron chi connectivity index (χ2n) is 6.67. The minimum absolute atomic E-state index is 0.543. The average molecular weight is 355 g/mol. The first-order valence-corrected chi connectivity index (χ1v) is 8.89. The van der Waals surface area contributed by atoms with E-state index in [1.54, 1.807) is 6.20 Å². The topological polar surface area (TPSA) is 62.7 Å². The third-order valence-electron chi connectivity index (χ3n) is 4.39. The Labute approximate surface area is 158 Å². The zero-order valence-electron chi connectivity index (χ0n) is 15.6. The number of hydrogen-bond donors (Lipinski definition) is 2. The fourth-order valence-electron chi connectivity index (χ4n) is 3.02. The van der Waals surface area contributed by atoms with Crippen molar-refractivity contribution >= 4 is 34.0 Å². The van der Waals surface area contributed by atoms with Crippen LogP contribution in [0, 0.1) is 20.8 Å². The van der Waals surface area contributed by atoms with Gasteiger partial charge in [0, 0.05) is 29.0 Å². The van der Waals surface area contributed by atoms with Gasteiger partial charge in [-0.25, -0.2) is 4.98 Å². The first-order valence-electron chi connectivity index (χ1n) is 8.89. The summed E-state index contributed by atoms with van der Waals surface area (Å²) in [5.74, 6) is 1.30. The van der Waals surface area contributed by atoms with Crippen molar-refractivity contribution in [3.63, 3.8) is 0 Å². The summed E-state index contributed by atoms with van der Waals surface area (Å²) in [5, 5.41) is 7.80. The van der Waals surface area contributed by atoms with Crippen molar-refractivity contribution in [2.24, 2.45) is 0 Å². The molecule has 0 atom stereocenters. The van der Waals surface area contributed by atoms with Gasteiger partial charge in [0.2, 0.25) is 5.95 Å². The molecule has 4 aromatic rings. The molecule has 0 radical (unpaired) electrons. The molecule has 5 heteroatoms. The van der Waals surface area contributed by atoms with Gasteiger partial charge < -0.3 is 10.6 Å². The van der Waals surface area contributed by atoms with Crippen molar-refractivity contribution in [1.29, 1.82) is 0 Å². The molecule has 27 heavy (non-hydrogen) atoms. The van der Waals surface area contributed by atoms with Crippen LogP contribution < -0.4 is 10.6 Å². The third-order valence-corrected chi connectivity index (χ3v) is 4.39. The van der Waals surface area contributed by atoms with Crippen LogP contribution in [0.15, 0.2) is 60.8 Å². The first-order chi connectivity index (χ1) is 13.1. The summed E-state index contributed by atoms with van der Waals surface area (Å²) < 4.78 is 0. The van der Waals surface area contributed by atoms with E-state index in [2.05, 4.69) is 57.6 Å². The third kappa shape index (κ3) is 3.72. The zero-order chi connectivity index (χ0) is 18.8. The van der Waals surface area contributed by atoms with Gasteiger partial charge in [0.1, 0.15) is 5.82 Å². The lowest BCUT2D eigenvalue weighted by atomic mass is 10.1. The number of benzene rings is 2. The second kappa shape index (κ2) is 7.03. The van der Waals surface area contributed by atoms with Crippen LogP contribution in [0.2, 0.25) is 0 Å². The number of aromatic nitrogens is 3. The van der Waals surface area contributed by atoms with Crippen molar-refractivity contribution < 1.29 is 0 Å². The second-order valence-corrected chi connectivity index (χ2v) is 6.67. The highest BCUT2D eigenvalue weighted by Gasteiger charge is 2.08. The number of nitrogens with zero attached hydrogens (tertiary/aromatic N) is 3. The fraction of sp³-hybridized carbons (Fsp3) is 0.136. The van der Waals surface area contributed by atoms with E-state index in [0.29, 0.717) is 5.95 Å². The van der Waals surface area contributed by atoms with E-state index in [4.69, 9.17) is 0 Å². The van der Waals surface area contributed by atoms with E-state index < -0.39 is 0 Å². The molecule has 0 unspecified atom stereocenters. The Hall–Kier alpha value is -3.47. The molecule has 2 heterocycles. The van der Waals surface area contributed by atoms with Gasteiger partial charge in [-0.05, 0) is 50.1 Å². The Bertz CT molecular complexity index is 1120. The highest BCUT2D eigenvalue weighted by molar-refractivity contribution is 5.91. The Balaban J connectivity index is 1.67. The predicted octanol–water partition coefficient (Wildman–Crippen LogP) is 5.44. The monoisotopic (exact) mass is 355 g/mol. The molecule has 0 aliphatic carbocycles. The zero-order valence-corrected chi connectivity index (χ0v) is 15.6. The molecule has 5 nitrogen and oxygen atoms in total. The summed E-state index contributed by atoms with van der Waals surface area (Å²) in [7, 11) is 0. The number of rotatable bonds is 4. The van der Waals surface area contributed by atoms with Crippen LogP contribution in [0.3, 0.4) is 0 Å². The molecular weight excluding hydrogens is 334 g/mol. The van der Waals surface area contributed by atoms with Gasteiger partial charge in [-0.15, -0.1) is 0 Å². The summed E-state index contributed by atoms with van der Waals surface area (Å²) >= 11 is 0. The highest BCUT2D eigenvalue weighted by Crippen LogP contribution is 2.25. The molecule has 4 rings (SSSR count). The van der Waals surface area contributed by atoms with Crippen molar-refractivity contribution in [2.75, 3.05) is 10.6 Å². The maximum atomic E-state index is 4.64. The lowest BCUT2D eigenvalue weighted by Gasteiger charge is -2.13. The van der Waals surface area contributed by atoms with Crippen LogP contribution >= 0.6 is 0 Å². The molecule has 2 aromatic carbocycles. The summed E-state index contributed by atoms with van der Waals surface area (Å²) in [6, 6.07) is 18.3. The molecular formula is C22H21N5. The molecule has 0 aliphatic heterocycles. The van der Waals surface area contributed by atoms with E-state index in [9.17, 15) is 0 Å². The number of para-hydroxylation sites is 1. The fourth-order valence-corrected chi connectivity index (χ4v) is 3.02. The van der Waals surface area contributed by atoms with E-state index in [-0.39, 0.29) is 0 Å². The predicted molar refractivity (Wildman–Crippen MR) is 111 cm³/mol. The largest absolute Gasteiger partial charge is 0.340 e. The highest BCUT2D eigenvalue weighted by atomic mass is 15.1. The van der Waals surface area contributed by atoms with Gasteiger partial charge in [0.05, 0.1) is 11.2 Å². The Morgan fingerprint density at radius 3 is 2.52 bits per heavy atom. The van der Waals surface area contributed by atoms with Gasteiger partial charge in [-0.2, -0.15) is 4.98 Å². The van der Waals surface area contributed by atoms with Crippen LogP contribution in [0.1, 0.15) is 16.8 Å². The molecule has 0 spiro atoms. The molecule has 0 aliphatic rings. The van der Waals surface area contributed by atoms with Crippen molar-refractivity contribution in [1.82, 2.24) is 15.0 Å². The quantitative estimate of drug-likeness (QED) is 0.510. The van der Waals surface area contributed by atoms with Crippen LogP contribution in [-0.2, 0) is 0 Å². The van der Waals surface area contributed by atoms with Crippen molar-refractivity contribution in [3.8, 4) is 0 Å². The Kier molecular flexibility index (Phi) is 4.42. The number of hydrogen-bond acceptors (Lipinski definition) is 5. The normalized spacial score (nSPS) is 10.8. The standard InChI is InChI=1S/C22H21N5/c1-14-9-10-15(2)19(12-14)25-20-13-16(3)24-22(27-20)26-18-8-4-6-17-7-5-11-23-21(17)18/h4-13H,1-3H3,(H2,24,25,26,27). The smallest absolute Gasteiger partial charge is 0.229 e. The van der Waals surface area contributed by atoms with Gasteiger partial charge in [0.15, 0.2) is 0 Å². The number of aryl methyl sites for hydroxylation is 3. The molecule has 0 saturated heterocycles. The average Bonchev–Trinajstić information content (AvgIpc) is 2.65. The lowest BCUT2D eigenvalue weighted by Crippen LogP contribution is -2.03. The molecule has 0 saturated carbocycles. The van der Waals surface area contributed by atoms with E-state index in [0.717, 1.165) is 33.8 Å². The molecule has 0 fully saturated rings. The van der Waals surface area contributed by atoms with Crippen LogP contribution in [-0.4, -0.2) is 15.0 Å². The maximum absolute atomic E-state index is 4.64. The van der Waals surface area contributed by atoms with E-state index in [1.807, 2.05) is 43.3 Å².